The fraction of sp³-hybridized carbons (Fsp3) is 0.300. The molecule has 0 spiro atoms. The number of imide groups is 1. The third kappa shape index (κ3) is 3.16. The van der Waals surface area contributed by atoms with E-state index in [9.17, 15) is 14.4 Å². The van der Waals surface area contributed by atoms with Crippen LogP contribution in [0.2, 0.25) is 5.02 Å². The Hall–Kier alpha value is -2.58. The fourth-order valence-electron chi connectivity index (χ4n) is 4.06. The Morgan fingerprint density at radius 1 is 1.21 bits per heavy atom. The third-order valence-electron chi connectivity index (χ3n) is 5.54. The van der Waals surface area contributed by atoms with Crippen LogP contribution in [-0.4, -0.2) is 62.7 Å². The molecule has 3 aliphatic heterocycles. The van der Waals surface area contributed by atoms with Crippen LogP contribution in [0.3, 0.4) is 0 Å². The van der Waals surface area contributed by atoms with E-state index in [1.165, 1.54) is 16.7 Å². The molecule has 0 radical (unpaired) electrons. The number of halogens is 1. The van der Waals surface area contributed by atoms with E-state index in [0.717, 1.165) is 10.9 Å². The Morgan fingerprint density at radius 3 is 2.79 bits per heavy atom. The van der Waals surface area contributed by atoms with E-state index in [4.69, 9.17) is 11.6 Å². The fourth-order valence-corrected chi connectivity index (χ4v) is 5.12. The van der Waals surface area contributed by atoms with Crippen LogP contribution in [0, 0.1) is 0 Å². The summed E-state index contributed by atoms with van der Waals surface area (Å²) in [6.07, 6.45) is 2.81. The molecule has 1 saturated heterocycles. The molecule has 1 N–H and O–H groups in total. The van der Waals surface area contributed by atoms with Crippen molar-refractivity contribution in [1.82, 2.24) is 14.8 Å². The predicted octanol–water partition coefficient (Wildman–Crippen LogP) is 3.46. The number of allylic oxidation sites excluding steroid dienone is 1. The lowest BCUT2D eigenvalue weighted by atomic mass is 10.0. The number of H-pyrrole nitrogens is 1. The number of hydrogen-bond donors (Lipinski definition) is 1. The largest absolute Gasteiger partial charge is 0.351 e. The number of piperidine rings is 1. The number of thioether (sulfide) groups is 1. The molecule has 148 valence electrons. The molecule has 0 saturated carbocycles. The van der Waals surface area contributed by atoms with Gasteiger partial charge in [-0.15, -0.1) is 11.8 Å². The summed E-state index contributed by atoms with van der Waals surface area (Å²) < 4.78 is 0. The molecule has 1 unspecified atom stereocenters. The van der Waals surface area contributed by atoms with Crippen molar-refractivity contribution in [3.63, 3.8) is 0 Å². The highest BCUT2D eigenvalue weighted by atomic mass is 35.5. The maximum Gasteiger partial charge on any atom is 0.350 e. The molecular weight excluding hydrogens is 412 g/mol. The van der Waals surface area contributed by atoms with E-state index < -0.39 is 11.3 Å². The minimum absolute atomic E-state index is 0.0945. The second-order valence-corrected chi connectivity index (χ2v) is 8.74. The van der Waals surface area contributed by atoms with Gasteiger partial charge in [0.2, 0.25) is 0 Å². The Bertz CT molecular complexity index is 1100. The topological polar surface area (TPSA) is 85.8 Å². The zero-order valence-corrected chi connectivity index (χ0v) is 16.9. The number of aliphatic imine (C=N–C) groups is 1. The van der Waals surface area contributed by atoms with Crippen molar-refractivity contribution in [3.8, 4) is 0 Å². The summed E-state index contributed by atoms with van der Waals surface area (Å²) in [7, 11) is 0. The molecule has 9 heteroatoms. The van der Waals surface area contributed by atoms with Gasteiger partial charge in [-0.3, -0.25) is 14.5 Å². The monoisotopic (exact) mass is 428 g/mol. The average molecular weight is 429 g/mol. The first-order chi connectivity index (χ1) is 14.0. The van der Waals surface area contributed by atoms with Crippen LogP contribution >= 0.6 is 23.4 Å². The maximum absolute atomic E-state index is 12.9. The molecule has 1 atom stereocenters. The van der Waals surface area contributed by atoms with Gasteiger partial charge in [0.25, 0.3) is 11.8 Å². The maximum atomic E-state index is 12.9. The second-order valence-electron chi connectivity index (χ2n) is 7.28. The van der Waals surface area contributed by atoms with E-state index in [1.54, 1.807) is 28.5 Å². The first-order valence-electron chi connectivity index (χ1n) is 9.36. The van der Waals surface area contributed by atoms with Crippen molar-refractivity contribution < 1.29 is 14.4 Å². The SMILES string of the molecule is O=C(c1cc2cc(Cl)ccc2[nH]1)N1CCC(N2C(=O)N=C3C=CSC3C2=O)CC1. The number of aromatic amines is 1. The molecule has 4 amide bonds. The Labute approximate surface area is 175 Å². The van der Waals surface area contributed by atoms with Gasteiger partial charge in [0.1, 0.15) is 10.9 Å². The number of nitrogens with zero attached hydrogens (tertiary/aromatic N) is 3. The number of carbonyl (C=O) groups is 3. The van der Waals surface area contributed by atoms with Gasteiger partial charge < -0.3 is 9.88 Å². The number of benzene rings is 1. The van der Waals surface area contributed by atoms with Gasteiger partial charge in [0, 0.05) is 35.1 Å². The summed E-state index contributed by atoms with van der Waals surface area (Å²) in [6.45, 7) is 0.951. The molecule has 7 nitrogen and oxygen atoms in total. The van der Waals surface area contributed by atoms with Gasteiger partial charge >= 0.3 is 6.03 Å². The quantitative estimate of drug-likeness (QED) is 0.793. The van der Waals surface area contributed by atoms with Gasteiger partial charge in [0.15, 0.2) is 0 Å². The minimum Gasteiger partial charge on any atom is -0.351 e. The summed E-state index contributed by atoms with van der Waals surface area (Å²) in [5.74, 6) is -0.296. The van der Waals surface area contributed by atoms with Crippen LogP contribution in [0.25, 0.3) is 10.9 Å². The highest BCUT2D eigenvalue weighted by Crippen LogP contribution is 2.31. The van der Waals surface area contributed by atoms with Crippen molar-refractivity contribution in [2.75, 3.05) is 13.1 Å². The molecule has 0 bridgehead atoms. The zero-order valence-electron chi connectivity index (χ0n) is 15.3. The van der Waals surface area contributed by atoms with Crippen molar-refractivity contribution in [3.05, 3.63) is 46.5 Å². The smallest absolute Gasteiger partial charge is 0.350 e. The van der Waals surface area contributed by atoms with E-state index in [-0.39, 0.29) is 17.9 Å². The first-order valence-corrected chi connectivity index (χ1v) is 10.7. The van der Waals surface area contributed by atoms with E-state index in [0.29, 0.717) is 42.4 Å². The van der Waals surface area contributed by atoms with Gasteiger partial charge in [-0.25, -0.2) is 4.79 Å². The lowest BCUT2D eigenvalue weighted by Crippen LogP contribution is -2.55. The Kier molecular flexibility index (Phi) is 4.48. The standard InChI is InChI=1S/C20H17ClN4O3S/c21-12-1-2-14-11(9-12)10-16(22-14)18(26)24-6-3-13(4-7-24)25-19(27)17-15(5-8-29-17)23-20(25)28/h1-2,5,8-10,13,17,22H,3-4,6-7H2. The summed E-state index contributed by atoms with van der Waals surface area (Å²) in [4.78, 5) is 48.3. The van der Waals surface area contributed by atoms with E-state index >= 15 is 0 Å². The van der Waals surface area contributed by atoms with E-state index in [1.807, 2.05) is 12.1 Å². The normalized spacial score (nSPS) is 22.4. The number of aromatic nitrogens is 1. The van der Waals surface area contributed by atoms with Crippen LogP contribution in [0.15, 0.2) is 40.7 Å². The van der Waals surface area contributed by atoms with Gasteiger partial charge in [0.05, 0.1) is 5.71 Å². The molecule has 1 aromatic carbocycles. The van der Waals surface area contributed by atoms with Crippen molar-refractivity contribution in [2.24, 2.45) is 4.99 Å². The van der Waals surface area contributed by atoms with Crippen molar-refractivity contribution in [2.45, 2.75) is 24.1 Å². The van der Waals surface area contributed by atoms with Gasteiger partial charge in [-0.2, -0.15) is 4.99 Å². The molecule has 2 aromatic rings. The van der Waals surface area contributed by atoms with Crippen LogP contribution in [0.5, 0.6) is 0 Å². The van der Waals surface area contributed by atoms with Gasteiger partial charge in [-0.1, -0.05) is 11.6 Å². The lowest BCUT2D eigenvalue weighted by Gasteiger charge is -2.38. The number of rotatable bonds is 2. The van der Waals surface area contributed by atoms with Crippen molar-refractivity contribution >= 4 is 57.8 Å². The predicted molar refractivity (Wildman–Crippen MR) is 112 cm³/mol. The summed E-state index contributed by atoms with van der Waals surface area (Å²) in [6, 6.07) is 6.51. The van der Waals surface area contributed by atoms with Gasteiger partial charge in [-0.05, 0) is 48.6 Å². The van der Waals surface area contributed by atoms with Crippen LogP contribution in [0.4, 0.5) is 4.79 Å². The Balaban J connectivity index is 1.28. The number of hydrogen-bond acceptors (Lipinski definition) is 4. The number of urea groups is 1. The molecule has 1 fully saturated rings. The number of amides is 4. The highest BCUT2D eigenvalue weighted by molar-refractivity contribution is 8.04. The summed E-state index contributed by atoms with van der Waals surface area (Å²) >= 11 is 7.40. The number of fused-ring (bicyclic) bond motifs is 2. The molecule has 5 rings (SSSR count). The first kappa shape index (κ1) is 18.4. The molecule has 4 heterocycles. The highest BCUT2D eigenvalue weighted by Gasteiger charge is 2.43. The average Bonchev–Trinajstić information content (AvgIpc) is 3.34. The van der Waals surface area contributed by atoms with Crippen LogP contribution in [-0.2, 0) is 4.79 Å². The third-order valence-corrected chi connectivity index (χ3v) is 6.79. The minimum atomic E-state index is -0.495. The molecule has 1 aromatic heterocycles. The van der Waals surface area contributed by atoms with Crippen LogP contribution < -0.4 is 0 Å². The van der Waals surface area contributed by atoms with Crippen molar-refractivity contribution in [1.29, 1.82) is 0 Å². The van der Waals surface area contributed by atoms with Crippen LogP contribution in [0.1, 0.15) is 23.3 Å². The molecule has 0 aliphatic carbocycles. The zero-order chi connectivity index (χ0) is 20.1. The summed E-state index contributed by atoms with van der Waals surface area (Å²) in [5, 5.41) is 2.89. The number of likely N-dealkylation sites (tertiary alicyclic amines) is 1. The Morgan fingerprint density at radius 2 is 2.00 bits per heavy atom. The van der Waals surface area contributed by atoms with E-state index in [2.05, 4.69) is 9.98 Å². The second kappa shape index (κ2) is 7.03. The number of nitrogens with one attached hydrogen (secondary N) is 1. The molecular formula is C20H17ClN4O3S. The molecule has 29 heavy (non-hydrogen) atoms. The summed E-state index contributed by atoms with van der Waals surface area (Å²) in [5.41, 5.74) is 1.90. The number of carbonyl (C=O) groups excluding carboxylic acids is 3. The lowest BCUT2D eigenvalue weighted by molar-refractivity contribution is -0.129. The molecule has 3 aliphatic rings.